The molecule has 4 aliphatic carbocycles. The van der Waals surface area contributed by atoms with E-state index in [4.69, 9.17) is 9.47 Å². The molecular formula is C26H38O5. The molecular weight excluding hydrogens is 392 g/mol. The van der Waals surface area contributed by atoms with Gasteiger partial charge in [-0.2, -0.15) is 0 Å². The van der Waals surface area contributed by atoms with Crippen LogP contribution in [0.1, 0.15) is 79.1 Å². The predicted octanol–water partition coefficient (Wildman–Crippen LogP) is 4.73. The normalized spacial score (nSPS) is 39.9. The average molecular weight is 431 g/mol. The van der Waals surface area contributed by atoms with Gasteiger partial charge in [-0.25, -0.2) is 0 Å². The SMILES string of the molecule is CC(=O)OCC[C@@H](O)C1=CC[C@H]2[C@H]3CC=C4C[C@@H](OC(C)=O)CC[C@]4(C)[C@@H]3CC[C@]12C. The maximum absolute atomic E-state index is 11.4. The molecule has 31 heavy (non-hydrogen) atoms. The first kappa shape index (κ1) is 22.6. The Morgan fingerprint density at radius 1 is 1.06 bits per heavy atom. The van der Waals surface area contributed by atoms with Crippen molar-refractivity contribution in [3.8, 4) is 0 Å². The molecule has 4 rings (SSSR count). The number of fused-ring (bicyclic) bond motifs is 5. The smallest absolute Gasteiger partial charge is 0.302 e. The molecule has 5 nitrogen and oxygen atoms in total. The summed E-state index contributed by atoms with van der Waals surface area (Å²) in [6.45, 7) is 7.98. The molecule has 4 aliphatic rings. The molecule has 0 radical (unpaired) electrons. The van der Waals surface area contributed by atoms with Gasteiger partial charge in [0.2, 0.25) is 0 Å². The van der Waals surface area contributed by atoms with Crippen LogP contribution in [0.15, 0.2) is 23.3 Å². The molecule has 0 spiro atoms. The molecule has 2 fully saturated rings. The summed E-state index contributed by atoms with van der Waals surface area (Å²) in [5, 5.41) is 10.9. The Hall–Kier alpha value is -1.62. The molecule has 0 unspecified atom stereocenters. The van der Waals surface area contributed by atoms with Gasteiger partial charge in [0.15, 0.2) is 0 Å². The zero-order valence-corrected chi connectivity index (χ0v) is 19.5. The van der Waals surface area contributed by atoms with E-state index in [2.05, 4.69) is 26.0 Å². The van der Waals surface area contributed by atoms with E-state index in [1.54, 1.807) is 0 Å². The van der Waals surface area contributed by atoms with E-state index in [1.165, 1.54) is 31.4 Å². The molecule has 0 aromatic rings. The Morgan fingerprint density at radius 2 is 1.81 bits per heavy atom. The zero-order valence-electron chi connectivity index (χ0n) is 19.5. The molecule has 2 saturated carbocycles. The van der Waals surface area contributed by atoms with Gasteiger partial charge >= 0.3 is 11.9 Å². The van der Waals surface area contributed by atoms with Crippen LogP contribution in [0.2, 0.25) is 0 Å². The third-order valence-corrected chi connectivity index (χ3v) is 9.09. The summed E-state index contributed by atoms with van der Waals surface area (Å²) in [6.07, 6.45) is 12.1. The van der Waals surface area contributed by atoms with Crippen LogP contribution in [0, 0.1) is 28.6 Å². The van der Waals surface area contributed by atoms with Gasteiger partial charge < -0.3 is 14.6 Å². The summed E-state index contributed by atoms with van der Waals surface area (Å²) in [7, 11) is 0. The lowest BCUT2D eigenvalue weighted by Gasteiger charge is -2.58. The highest BCUT2D eigenvalue weighted by atomic mass is 16.5. The molecule has 0 aliphatic heterocycles. The average Bonchev–Trinajstić information content (AvgIpc) is 3.05. The van der Waals surface area contributed by atoms with Crippen LogP contribution >= 0.6 is 0 Å². The number of hydrogen-bond acceptors (Lipinski definition) is 5. The summed E-state index contributed by atoms with van der Waals surface area (Å²) in [6, 6.07) is 0. The van der Waals surface area contributed by atoms with Crippen molar-refractivity contribution in [3.05, 3.63) is 23.3 Å². The van der Waals surface area contributed by atoms with Crippen LogP contribution < -0.4 is 0 Å². The second kappa shape index (κ2) is 8.38. The minimum Gasteiger partial charge on any atom is -0.466 e. The third-order valence-electron chi connectivity index (χ3n) is 9.09. The van der Waals surface area contributed by atoms with E-state index in [1.807, 2.05) is 0 Å². The summed E-state index contributed by atoms with van der Waals surface area (Å²) in [5.74, 6) is 1.39. The molecule has 0 bridgehead atoms. The Bertz CT molecular complexity index is 798. The maximum atomic E-state index is 11.4. The van der Waals surface area contributed by atoms with Gasteiger partial charge in [-0.1, -0.05) is 31.6 Å². The van der Waals surface area contributed by atoms with Crippen molar-refractivity contribution in [2.75, 3.05) is 6.61 Å². The largest absolute Gasteiger partial charge is 0.466 e. The van der Waals surface area contributed by atoms with Crippen molar-refractivity contribution in [2.45, 2.75) is 91.3 Å². The van der Waals surface area contributed by atoms with Crippen LogP contribution in [0.5, 0.6) is 0 Å². The van der Waals surface area contributed by atoms with Crippen LogP contribution in [0.25, 0.3) is 0 Å². The lowest BCUT2D eigenvalue weighted by molar-refractivity contribution is -0.148. The Labute approximate surface area is 186 Å². The van der Waals surface area contributed by atoms with Gasteiger partial charge in [-0.3, -0.25) is 9.59 Å². The van der Waals surface area contributed by atoms with Crippen LogP contribution in [-0.4, -0.2) is 35.9 Å². The molecule has 0 heterocycles. The van der Waals surface area contributed by atoms with Gasteiger partial charge in [0.05, 0.1) is 12.7 Å². The number of hydrogen-bond donors (Lipinski definition) is 1. The summed E-state index contributed by atoms with van der Waals surface area (Å²) in [5.41, 5.74) is 2.91. The molecule has 7 atom stereocenters. The van der Waals surface area contributed by atoms with Gasteiger partial charge in [-0.05, 0) is 72.7 Å². The minimum atomic E-state index is -0.532. The highest BCUT2D eigenvalue weighted by Gasteiger charge is 2.57. The molecule has 5 heteroatoms. The van der Waals surface area contributed by atoms with E-state index < -0.39 is 6.10 Å². The number of carbonyl (C=O) groups excluding carboxylic acids is 2. The second-order valence-corrected chi connectivity index (χ2v) is 10.7. The van der Waals surface area contributed by atoms with Crippen molar-refractivity contribution < 1.29 is 24.2 Å². The standard InChI is InChI=1S/C26H38O5/c1-16(27)30-14-11-24(29)23-8-7-21-20-6-5-18-15-19(31-17(2)28)9-12-25(18,3)22(20)10-13-26(21,23)4/h5,8,19-22,24,29H,6-7,9-15H2,1-4H3/t19-,20+,21-,22+,24+,25-,26-/m0/s1. The van der Waals surface area contributed by atoms with Crippen molar-refractivity contribution >= 4 is 11.9 Å². The molecule has 172 valence electrons. The number of allylic oxidation sites excluding steroid dienone is 2. The van der Waals surface area contributed by atoms with Crippen LogP contribution in [0.3, 0.4) is 0 Å². The van der Waals surface area contributed by atoms with Crippen LogP contribution in [-0.2, 0) is 19.1 Å². The quantitative estimate of drug-likeness (QED) is 0.504. The predicted molar refractivity (Wildman–Crippen MR) is 118 cm³/mol. The number of carbonyl (C=O) groups is 2. The van der Waals surface area contributed by atoms with Crippen molar-refractivity contribution in [1.82, 2.24) is 0 Å². The lowest BCUT2D eigenvalue weighted by atomic mass is 9.47. The fourth-order valence-electron chi connectivity index (χ4n) is 7.55. The Balaban J connectivity index is 1.48. The second-order valence-electron chi connectivity index (χ2n) is 10.7. The van der Waals surface area contributed by atoms with E-state index in [-0.39, 0.29) is 35.5 Å². The Kier molecular flexibility index (Phi) is 6.10. The summed E-state index contributed by atoms with van der Waals surface area (Å²) < 4.78 is 10.6. The highest BCUT2D eigenvalue weighted by molar-refractivity contribution is 5.66. The first-order chi connectivity index (χ1) is 14.6. The van der Waals surface area contributed by atoms with E-state index in [0.29, 0.717) is 24.2 Å². The topological polar surface area (TPSA) is 72.8 Å². The van der Waals surface area contributed by atoms with Gasteiger partial charge in [0.25, 0.3) is 0 Å². The van der Waals surface area contributed by atoms with E-state index in [0.717, 1.165) is 38.5 Å². The maximum Gasteiger partial charge on any atom is 0.302 e. The molecule has 0 aromatic carbocycles. The molecule has 0 aromatic heterocycles. The first-order valence-electron chi connectivity index (χ1n) is 12.0. The Morgan fingerprint density at radius 3 is 2.52 bits per heavy atom. The zero-order chi connectivity index (χ0) is 22.4. The fourth-order valence-corrected chi connectivity index (χ4v) is 7.55. The number of esters is 2. The van der Waals surface area contributed by atoms with Gasteiger partial charge in [0, 0.05) is 26.7 Å². The number of rotatable bonds is 5. The van der Waals surface area contributed by atoms with Crippen LogP contribution in [0.4, 0.5) is 0 Å². The first-order valence-corrected chi connectivity index (χ1v) is 12.0. The number of aliphatic hydroxyl groups excluding tert-OH is 1. The summed E-state index contributed by atoms with van der Waals surface area (Å²) >= 11 is 0. The molecule has 1 N–H and O–H groups in total. The molecule has 0 amide bonds. The fraction of sp³-hybridized carbons (Fsp3) is 0.769. The van der Waals surface area contributed by atoms with Crippen molar-refractivity contribution in [1.29, 1.82) is 0 Å². The van der Waals surface area contributed by atoms with Crippen molar-refractivity contribution in [3.63, 3.8) is 0 Å². The minimum absolute atomic E-state index is 0.0352. The van der Waals surface area contributed by atoms with E-state index in [9.17, 15) is 14.7 Å². The van der Waals surface area contributed by atoms with Gasteiger partial charge in [-0.15, -0.1) is 0 Å². The summed E-state index contributed by atoms with van der Waals surface area (Å²) in [4.78, 5) is 22.5. The lowest BCUT2D eigenvalue weighted by Crippen LogP contribution is -2.50. The highest BCUT2D eigenvalue weighted by Crippen LogP contribution is 2.65. The molecule has 0 saturated heterocycles. The number of aliphatic hydroxyl groups is 1. The monoisotopic (exact) mass is 430 g/mol. The van der Waals surface area contributed by atoms with Gasteiger partial charge in [0.1, 0.15) is 6.10 Å². The van der Waals surface area contributed by atoms with E-state index >= 15 is 0 Å². The van der Waals surface area contributed by atoms with Crippen molar-refractivity contribution in [2.24, 2.45) is 28.6 Å². The third kappa shape index (κ3) is 3.99. The number of ether oxygens (including phenoxy) is 2.